The summed E-state index contributed by atoms with van der Waals surface area (Å²) in [5, 5.41) is 1.05. The van der Waals surface area contributed by atoms with Crippen LogP contribution >= 0.6 is 0 Å². The molecule has 0 atom stereocenters. The van der Waals surface area contributed by atoms with Crippen molar-refractivity contribution in [1.82, 2.24) is 4.90 Å². The molecule has 0 aliphatic carbocycles. The predicted molar refractivity (Wildman–Crippen MR) is 83.9 cm³/mol. The van der Waals surface area contributed by atoms with Crippen molar-refractivity contribution in [2.75, 3.05) is 18.1 Å². The summed E-state index contributed by atoms with van der Waals surface area (Å²) in [6.45, 7) is 8.75. The second-order valence-electron chi connectivity index (χ2n) is 6.50. The number of anilines is 1. The lowest BCUT2D eigenvalue weighted by Gasteiger charge is -2.24. The second kappa shape index (κ2) is 6.45. The van der Waals surface area contributed by atoms with Gasteiger partial charge in [-0.05, 0) is 64.4 Å². The monoisotopic (exact) mass is 291 g/mol. The molecule has 1 aliphatic heterocycles. The van der Waals surface area contributed by atoms with Gasteiger partial charge in [0.15, 0.2) is 0 Å². The van der Waals surface area contributed by atoms with Crippen LogP contribution in [0.2, 0.25) is 0 Å². The van der Waals surface area contributed by atoms with Gasteiger partial charge in [-0.15, -0.1) is 0 Å². The molecule has 1 fully saturated rings. The number of amides is 1. The zero-order valence-corrected chi connectivity index (χ0v) is 13.1. The minimum Gasteiger partial charge on any atom is -0.442 e. The largest absolute Gasteiger partial charge is 0.442 e. The Labute approximate surface area is 126 Å². The summed E-state index contributed by atoms with van der Waals surface area (Å²) >= 11 is 0. The summed E-state index contributed by atoms with van der Waals surface area (Å²) in [6.07, 6.45) is 2.02. The number of hydrogen-bond donors (Lipinski definition) is 1. The van der Waals surface area contributed by atoms with Gasteiger partial charge in [-0.1, -0.05) is 12.1 Å². The van der Waals surface area contributed by atoms with E-state index in [4.69, 9.17) is 10.6 Å². The van der Waals surface area contributed by atoms with Crippen LogP contribution in [-0.2, 0) is 11.3 Å². The van der Waals surface area contributed by atoms with E-state index >= 15 is 0 Å². The van der Waals surface area contributed by atoms with Gasteiger partial charge >= 0.3 is 6.09 Å². The highest BCUT2D eigenvalue weighted by Crippen LogP contribution is 2.18. The number of ether oxygens (including phenoxy) is 1. The van der Waals surface area contributed by atoms with Gasteiger partial charge in [-0.3, -0.25) is 4.90 Å². The Bertz CT molecular complexity index is 473. The molecule has 0 saturated carbocycles. The molecule has 5 nitrogen and oxygen atoms in total. The molecule has 1 aliphatic rings. The predicted octanol–water partition coefficient (Wildman–Crippen LogP) is 2.90. The minimum absolute atomic E-state index is 0.546. The number of carbonyl (C=O) groups is 1. The Morgan fingerprint density at radius 1 is 1.24 bits per heavy atom. The zero-order chi connectivity index (χ0) is 15.5. The molecule has 0 radical (unpaired) electrons. The molecule has 1 heterocycles. The number of likely N-dealkylation sites (tertiary alicyclic amines) is 1. The second-order valence-corrected chi connectivity index (χ2v) is 6.50. The fourth-order valence-corrected chi connectivity index (χ4v) is 2.38. The molecule has 1 aromatic rings. The summed E-state index contributed by atoms with van der Waals surface area (Å²) in [7, 11) is 0. The van der Waals surface area contributed by atoms with E-state index in [2.05, 4.69) is 4.90 Å². The number of nitrogens with two attached hydrogens (primary N) is 1. The van der Waals surface area contributed by atoms with Crippen molar-refractivity contribution >= 4 is 11.8 Å². The highest BCUT2D eigenvalue weighted by atomic mass is 16.6. The normalized spacial score (nSPS) is 16.0. The first kappa shape index (κ1) is 15.8. The Balaban J connectivity index is 1.95. The molecule has 0 unspecified atom stereocenters. The van der Waals surface area contributed by atoms with Crippen molar-refractivity contribution in [2.24, 2.45) is 5.84 Å². The quantitative estimate of drug-likeness (QED) is 0.528. The molecule has 116 valence electrons. The van der Waals surface area contributed by atoms with E-state index in [0.717, 1.165) is 11.6 Å². The van der Waals surface area contributed by atoms with Crippen LogP contribution < -0.4 is 10.9 Å². The summed E-state index contributed by atoms with van der Waals surface area (Å²) in [6, 6.07) is 7.74. The molecule has 1 saturated heterocycles. The summed E-state index contributed by atoms with van der Waals surface area (Å²) in [4.78, 5) is 14.3. The minimum atomic E-state index is -0.551. The van der Waals surface area contributed by atoms with E-state index in [1.165, 1.54) is 31.5 Å². The van der Waals surface area contributed by atoms with Crippen LogP contribution in [0.15, 0.2) is 24.3 Å². The van der Waals surface area contributed by atoms with E-state index in [1.54, 1.807) is 0 Å². The van der Waals surface area contributed by atoms with Crippen molar-refractivity contribution in [3.8, 4) is 0 Å². The Hall–Kier alpha value is -1.59. The third-order valence-electron chi connectivity index (χ3n) is 3.41. The SMILES string of the molecule is CC(C)(C)OC(=O)N(N)c1ccc(CN2CCCC2)cc1. The third-order valence-corrected chi connectivity index (χ3v) is 3.41. The first-order chi connectivity index (χ1) is 9.85. The molecule has 0 bridgehead atoms. The van der Waals surface area contributed by atoms with E-state index in [9.17, 15) is 4.79 Å². The molecule has 0 aromatic heterocycles. The smallest absolute Gasteiger partial charge is 0.429 e. The van der Waals surface area contributed by atoms with Gasteiger partial charge in [0.2, 0.25) is 0 Å². The lowest BCUT2D eigenvalue weighted by atomic mass is 10.2. The maximum atomic E-state index is 11.9. The lowest BCUT2D eigenvalue weighted by Crippen LogP contribution is -2.41. The topological polar surface area (TPSA) is 58.8 Å². The molecule has 21 heavy (non-hydrogen) atoms. The van der Waals surface area contributed by atoms with Crippen molar-refractivity contribution in [2.45, 2.75) is 45.8 Å². The van der Waals surface area contributed by atoms with E-state index < -0.39 is 11.7 Å². The highest BCUT2D eigenvalue weighted by molar-refractivity contribution is 5.86. The Morgan fingerprint density at radius 3 is 2.33 bits per heavy atom. The molecule has 2 rings (SSSR count). The van der Waals surface area contributed by atoms with Crippen LogP contribution in [0.4, 0.5) is 10.5 Å². The maximum absolute atomic E-state index is 11.9. The number of carbonyl (C=O) groups excluding carboxylic acids is 1. The van der Waals surface area contributed by atoms with Gasteiger partial charge in [-0.25, -0.2) is 15.6 Å². The van der Waals surface area contributed by atoms with E-state index in [1.807, 2.05) is 45.0 Å². The first-order valence-corrected chi connectivity index (χ1v) is 7.44. The Morgan fingerprint density at radius 2 is 1.81 bits per heavy atom. The van der Waals surface area contributed by atoms with Gasteiger partial charge in [-0.2, -0.15) is 0 Å². The van der Waals surface area contributed by atoms with Crippen molar-refractivity contribution in [3.63, 3.8) is 0 Å². The van der Waals surface area contributed by atoms with Gasteiger partial charge in [0, 0.05) is 6.54 Å². The van der Waals surface area contributed by atoms with E-state index in [-0.39, 0.29) is 0 Å². The number of rotatable bonds is 3. The van der Waals surface area contributed by atoms with Gasteiger partial charge in [0.25, 0.3) is 0 Å². The molecular formula is C16H25N3O2. The number of benzene rings is 1. The zero-order valence-electron chi connectivity index (χ0n) is 13.1. The maximum Gasteiger partial charge on any atom is 0.429 e. The summed E-state index contributed by atoms with van der Waals surface area (Å²) < 4.78 is 5.25. The van der Waals surface area contributed by atoms with Gasteiger partial charge < -0.3 is 4.74 Å². The number of hydrogen-bond acceptors (Lipinski definition) is 4. The highest BCUT2D eigenvalue weighted by Gasteiger charge is 2.21. The fourth-order valence-electron chi connectivity index (χ4n) is 2.38. The number of hydrazine groups is 1. The summed E-state index contributed by atoms with van der Waals surface area (Å²) in [5.74, 6) is 5.81. The fraction of sp³-hybridized carbons (Fsp3) is 0.562. The third kappa shape index (κ3) is 4.72. The van der Waals surface area contributed by atoms with Crippen molar-refractivity contribution in [1.29, 1.82) is 0 Å². The molecule has 2 N–H and O–H groups in total. The van der Waals surface area contributed by atoms with Gasteiger partial charge in [0.05, 0.1) is 5.69 Å². The standard InChI is InChI=1S/C16H25N3O2/c1-16(2,3)21-15(20)19(17)14-8-6-13(7-9-14)12-18-10-4-5-11-18/h6-9H,4-5,10-12,17H2,1-3H3. The van der Waals surface area contributed by atoms with Crippen molar-refractivity contribution in [3.05, 3.63) is 29.8 Å². The first-order valence-electron chi connectivity index (χ1n) is 7.44. The molecule has 1 aromatic carbocycles. The average molecular weight is 291 g/mol. The molecular weight excluding hydrogens is 266 g/mol. The van der Waals surface area contributed by atoms with Crippen LogP contribution in [0.3, 0.4) is 0 Å². The lowest BCUT2D eigenvalue weighted by molar-refractivity contribution is 0.0580. The van der Waals surface area contributed by atoms with Gasteiger partial charge in [0.1, 0.15) is 5.60 Å². The molecule has 0 spiro atoms. The Kier molecular flexibility index (Phi) is 4.85. The number of nitrogens with zero attached hydrogens (tertiary/aromatic N) is 2. The van der Waals surface area contributed by atoms with Crippen LogP contribution in [0.5, 0.6) is 0 Å². The summed E-state index contributed by atoms with van der Waals surface area (Å²) in [5.41, 5.74) is 1.32. The van der Waals surface area contributed by atoms with Crippen LogP contribution in [0.25, 0.3) is 0 Å². The average Bonchev–Trinajstić information content (AvgIpc) is 2.90. The van der Waals surface area contributed by atoms with Crippen molar-refractivity contribution < 1.29 is 9.53 Å². The molecule has 1 amide bonds. The van der Waals surface area contributed by atoms with Crippen LogP contribution in [-0.4, -0.2) is 29.7 Å². The van der Waals surface area contributed by atoms with Crippen LogP contribution in [0.1, 0.15) is 39.2 Å². The van der Waals surface area contributed by atoms with E-state index in [0.29, 0.717) is 5.69 Å². The molecule has 5 heteroatoms. The van der Waals surface area contributed by atoms with Crippen LogP contribution in [0, 0.1) is 0 Å².